The Kier molecular flexibility index (Phi) is 5.11. The summed E-state index contributed by atoms with van der Waals surface area (Å²) in [6.45, 7) is 9.41. The molecule has 1 N–H and O–H groups in total. The fourth-order valence-corrected chi connectivity index (χ4v) is 2.20. The van der Waals surface area contributed by atoms with Crippen LogP contribution in [0.4, 0.5) is 0 Å². The average Bonchev–Trinajstić information content (AvgIpc) is 2.30. The maximum Gasteiger partial charge on any atom is 0.162 e. The fourth-order valence-electron chi connectivity index (χ4n) is 1.97. The zero-order valence-electron chi connectivity index (χ0n) is 12.6. The highest BCUT2D eigenvalue weighted by Gasteiger charge is 2.24. The predicted molar refractivity (Wildman–Crippen MR) is 80.1 cm³/mol. The topological polar surface area (TPSA) is 32.7 Å². The van der Waals surface area contributed by atoms with Crippen LogP contribution in [0.1, 0.15) is 33.3 Å². The second kappa shape index (κ2) is 6.02. The summed E-state index contributed by atoms with van der Waals surface area (Å²) in [6.07, 6.45) is 0. The van der Waals surface area contributed by atoms with Crippen LogP contribution in [0.3, 0.4) is 0 Å². The third kappa shape index (κ3) is 4.02. The summed E-state index contributed by atoms with van der Waals surface area (Å²) in [5.74, 6) is 0.583. The number of benzene rings is 1. The van der Waals surface area contributed by atoms with Crippen molar-refractivity contribution in [3.8, 4) is 11.5 Å². The Bertz CT molecular complexity index is 441. The minimum absolute atomic E-state index is 0.167. The van der Waals surface area contributed by atoms with Crippen molar-refractivity contribution in [3.63, 3.8) is 0 Å². The molecule has 0 aliphatic carbocycles. The minimum Gasteiger partial charge on any atom is -0.504 e. The lowest BCUT2D eigenvalue weighted by atomic mass is 9.87. The van der Waals surface area contributed by atoms with Gasteiger partial charge in [0.05, 0.1) is 7.11 Å². The van der Waals surface area contributed by atoms with Gasteiger partial charge in [0.1, 0.15) is 0 Å². The predicted octanol–water partition coefficient (Wildman–Crippen LogP) is 3.92. The molecule has 0 spiro atoms. The highest BCUT2D eigenvalue weighted by Crippen LogP contribution is 2.35. The molecule has 108 valence electrons. The molecule has 0 heterocycles. The molecule has 4 heteroatoms. The summed E-state index contributed by atoms with van der Waals surface area (Å²) in [6, 6.07) is 3.77. The maximum absolute atomic E-state index is 10.1. The van der Waals surface area contributed by atoms with Crippen molar-refractivity contribution in [2.75, 3.05) is 14.2 Å². The number of halogens is 1. The van der Waals surface area contributed by atoms with E-state index in [1.165, 1.54) is 7.11 Å². The molecule has 3 nitrogen and oxygen atoms in total. The molecule has 0 aromatic heterocycles. The smallest absolute Gasteiger partial charge is 0.162 e. The van der Waals surface area contributed by atoms with Crippen LogP contribution >= 0.6 is 11.6 Å². The highest BCUT2D eigenvalue weighted by molar-refractivity contribution is 6.30. The van der Waals surface area contributed by atoms with Crippen molar-refractivity contribution in [2.24, 2.45) is 5.41 Å². The van der Waals surface area contributed by atoms with E-state index in [0.717, 1.165) is 5.56 Å². The van der Waals surface area contributed by atoms with Crippen LogP contribution in [0, 0.1) is 5.41 Å². The molecule has 19 heavy (non-hydrogen) atoms. The van der Waals surface area contributed by atoms with Crippen molar-refractivity contribution in [2.45, 2.75) is 40.3 Å². The van der Waals surface area contributed by atoms with E-state index in [2.05, 4.69) is 32.6 Å². The van der Waals surface area contributed by atoms with Crippen LogP contribution in [-0.2, 0) is 6.54 Å². The second-order valence-corrected chi connectivity index (χ2v) is 6.51. The Labute approximate surface area is 121 Å². The van der Waals surface area contributed by atoms with Gasteiger partial charge in [-0.25, -0.2) is 0 Å². The lowest BCUT2D eigenvalue weighted by Gasteiger charge is -2.35. The first-order valence-corrected chi connectivity index (χ1v) is 6.80. The first-order chi connectivity index (χ1) is 8.66. The van der Waals surface area contributed by atoms with Crippen molar-refractivity contribution >= 4 is 11.6 Å². The van der Waals surface area contributed by atoms with E-state index >= 15 is 0 Å². The molecular formula is C15H24ClNO2. The van der Waals surface area contributed by atoms with E-state index in [1.807, 2.05) is 7.05 Å². The van der Waals surface area contributed by atoms with E-state index in [1.54, 1.807) is 12.1 Å². The minimum atomic E-state index is 0.167. The molecule has 0 bridgehead atoms. The van der Waals surface area contributed by atoms with Gasteiger partial charge in [0.25, 0.3) is 0 Å². The molecule has 0 aliphatic rings. The summed E-state index contributed by atoms with van der Waals surface area (Å²) < 4.78 is 5.12. The Balaban J connectivity index is 2.97. The number of rotatable bonds is 4. The van der Waals surface area contributed by atoms with Crippen LogP contribution < -0.4 is 4.74 Å². The highest BCUT2D eigenvalue weighted by atomic mass is 35.5. The molecule has 1 aromatic rings. The molecule has 1 atom stereocenters. The largest absolute Gasteiger partial charge is 0.504 e. The monoisotopic (exact) mass is 285 g/mol. The fraction of sp³-hybridized carbons (Fsp3) is 0.600. The Hall–Kier alpha value is -0.930. The summed E-state index contributed by atoms with van der Waals surface area (Å²) in [7, 11) is 3.57. The van der Waals surface area contributed by atoms with Crippen LogP contribution in [0.2, 0.25) is 5.02 Å². The number of aromatic hydroxyl groups is 1. The lowest BCUT2D eigenvalue weighted by molar-refractivity contribution is 0.133. The molecular weight excluding hydrogens is 262 g/mol. The molecule has 1 aromatic carbocycles. The van der Waals surface area contributed by atoms with E-state index in [0.29, 0.717) is 23.4 Å². The number of ether oxygens (including phenoxy) is 1. The maximum atomic E-state index is 10.1. The first-order valence-electron chi connectivity index (χ1n) is 6.42. The van der Waals surface area contributed by atoms with Gasteiger partial charge >= 0.3 is 0 Å². The van der Waals surface area contributed by atoms with E-state index < -0.39 is 0 Å². The Morgan fingerprint density at radius 2 is 1.95 bits per heavy atom. The van der Waals surface area contributed by atoms with Gasteiger partial charge in [-0.15, -0.1) is 0 Å². The van der Waals surface area contributed by atoms with Crippen LogP contribution in [-0.4, -0.2) is 30.2 Å². The van der Waals surface area contributed by atoms with Gasteiger partial charge in [0, 0.05) is 29.2 Å². The number of phenols is 1. The number of nitrogens with zero attached hydrogens (tertiary/aromatic N) is 1. The lowest BCUT2D eigenvalue weighted by Crippen LogP contribution is -2.38. The van der Waals surface area contributed by atoms with Gasteiger partial charge in [0.2, 0.25) is 0 Å². The summed E-state index contributed by atoms with van der Waals surface area (Å²) in [5.41, 5.74) is 0.954. The normalized spacial score (nSPS) is 13.7. The quantitative estimate of drug-likeness (QED) is 0.910. The molecule has 0 saturated heterocycles. The van der Waals surface area contributed by atoms with Crippen LogP contribution in [0.5, 0.6) is 11.5 Å². The first kappa shape index (κ1) is 16.1. The van der Waals surface area contributed by atoms with Gasteiger partial charge in [-0.2, -0.15) is 0 Å². The van der Waals surface area contributed by atoms with Crippen molar-refractivity contribution < 1.29 is 9.84 Å². The van der Waals surface area contributed by atoms with Crippen LogP contribution in [0.15, 0.2) is 12.1 Å². The average molecular weight is 286 g/mol. The number of methoxy groups -OCH3 is 1. The summed E-state index contributed by atoms with van der Waals surface area (Å²) in [5, 5.41) is 10.7. The zero-order chi connectivity index (χ0) is 14.8. The molecule has 1 unspecified atom stereocenters. The van der Waals surface area contributed by atoms with E-state index in [-0.39, 0.29) is 11.2 Å². The van der Waals surface area contributed by atoms with Gasteiger partial charge < -0.3 is 9.84 Å². The third-order valence-electron chi connectivity index (χ3n) is 3.67. The van der Waals surface area contributed by atoms with E-state index in [4.69, 9.17) is 16.3 Å². The van der Waals surface area contributed by atoms with Crippen LogP contribution in [0.25, 0.3) is 0 Å². The van der Waals surface area contributed by atoms with Gasteiger partial charge in [0.15, 0.2) is 11.5 Å². The summed E-state index contributed by atoms with van der Waals surface area (Å²) in [4.78, 5) is 2.20. The van der Waals surface area contributed by atoms with Crippen molar-refractivity contribution in [1.29, 1.82) is 0 Å². The molecule has 0 saturated carbocycles. The second-order valence-electron chi connectivity index (χ2n) is 6.07. The van der Waals surface area contributed by atoms with Crippen molar-refractivity contribution in [1.82, 2.24) is 4.90 Å². The number of phenolic OH excluding ortho intramolecular Hbond substituents is 1. The van der Waals surface area contributed by atoms with Gasteiger partial charge in [-0.3, -0.25) is 4.90 Å². The Morgan fingerprint density at radius 1 is 1.37 bits per heavy atom. The van der Waals surface area contributed by atoms with Gasteiger partial charge in [-0.05, 0) is 25.5 Å². The number of hydrogen-bond acceptors (Lipinski definition) is 3. The molecule has 0 aliphatic heterocycles. The third-order valence-corrected chi connectivity index (χ3v) is 3.89. The van der Waals surface area contributed by atoms with E-state index in [9.17, 15) is 5.11 Å². The SMILES string of the molecule is COc1cc(Cl)cc(CN(C)C(C)C(C)(C)C)c1O. The van der Waals surface area contributed by atoms with Crippen molar-refractivity contribution in [3.05, 3.63) is 22.7 Å². The standard InChI is InChI=1S/C15H24ClNO2/c1-10(15(2,3)4)17(5)9-11-7-12(16)8-13(19-6)14(11)18/h7-8,10,18H,9H2,1-6H3. The Morgan fingerprint density at radius 3 is 2.42 bits per heavy atom. The molecule has 0 amide bonds. The molecule has 0 radical (unpaired) electrons. The molecule has 0 fully saturated rings. The van der Waals surface area contributed by atoms with Gasteiger partial charge in [-0.1, -0.05) is 32.4 Å². The number of hydrogen-bond donors (Lipinski definition) is 1. The zero-order valence-corrected chi connectivity index (χ0v) is 13.4. The summed E-state index contributed by atoms with van der Waals surface area (Å²) >= 11 is 6.04. The molecule has 1 rings (SSSR count).